The molecular formula is C14H18O6. The molecule has 0 amide bonds. The number of hydrogen-bond donors (Lipinski definition) is 0. The zero-order valence-corrected chi connectivity index (χ0v) is 11.6. The van der Waals surface area contributed by atoms with Gasteiger partial charge in [-0.3, -0.25) is 0 Å². The lowest BCUT2D eigenvalue weighted by atomic mass is 10.1. The van der Waals surface area contributed by atoms with E-state index < -0.39 is 12.3 Å². The van der Waals surface area contributed by atoms with Crippen LogP contribution in [0.3, 0.4) is 0 Å². The molecular weight excluding hydrogens is 264 g/mol. The van der Waals surface area contributed by atoms with Crippen LogP contribution in [0, 0.1) is 0 Å². The molecule has 0 aliphatic heterocycles. The van der Waals surface area contributed by atoms with Crippen LogP contribution in [0.25, 0.3) is 0 Å². The summed E-state index contributed by atoms with van der Waals surface area (Å²) in [6, 6.07) is 7.12. The van der Waals surface area contributed by atoms with Gasteiger partial charge < -0.3 is 18.9 Å². The minimum absolute atomic E-state index is 0.137. The van der Waals surface area contributed by atoms with Crippen molar-refractivity contribution in [2.75, 3.05) is 13.2 Å². The molecule has 6 nitrogen and oxygen atoms in total. The minimum atomic E-state index is -0.692. The lowest BCUT2D eigenvalue weighted by Gasteiger charge is -2.07. The maximum atomic E-state index is 11.0. The first-order valence-corrected chi connectivity index (χ1v) is 6.32. The Labute approximate surface area is 117 Å². The third-order valence-electron chi connectivity index (χ3n) is 2.26. The van der Waals surface area contributed by atoms with Crippen molar-refractivity contribution in [2.45, 2.75) is 27.1 Å². The molecule has 20 heavy (non-hydrogen) atoms. The molecule has 0 atom stereocenters. The fourth-order valence-electron chi connectivity index (χ4n) is 1.34. The Bertz CT molecular complexity index is 385. The molecule has 0 bridgehead atoms. The number of benzene rings is 1. The molecule has 1 aromatic carbocycles. The van der Waals surface area contributed by atoms with E-state index in [2.05, 4.69) is 9.47 Å². The van der Waals surface area contributed by atoms with Crippen LogP contribution in [0.5, 0.6) is 0 Å². The normalized spacial score (nSPS) is 9.70. The fraction of sp³-hybridized carbons (Fsp3) is 0.429. The predicted octanol–water partition coefficient (Wildman–Crippen LogP) is 3.03. The molecule has 0 radical (unpaired) electrons. The summed E-state index contributed by atoms with van der Waals surface area (Å²) < 4.78 is 19.0. The van der Waals surface area contributed by atoms with Crippen molar-refractivity contribution in [3.63, 3.8) is 0 Å². The molecule has 0 aliphatic carbocycles. The first-order chi connectivity index (χ1) is 9.65. The van der Waals surface area contributed by atoms with Gasteiger partial charge in [0.1, 0.15) is 13.2 Å². The molecule has 0 fully saturated rings. The van der Waals surface area contributed by atoms with Gasteiger partial charge in [-0.15, -0.1) is 0 Å². The zero-order chi connectivity index (χ0) is 14.8. The molecule has 0 aromatic heterocycles. The minimum Gasteiger partial charge on any atom is -0.435 e. The van der Waals surface area contributed by atoms with Crippen LogP contribution < -0.4 is 0 Å². The van der Waals surface area contributed by atoms with E-state index in [4.69, 9.17) is 9.47 Å². The average molecular weight is 282 g/mol. The van der Waals surface area contributed by atoms with Crippen molar-refractivity contribution in [1.29, 1.82) is 0 Å². The van der Waals surface area contributed by atoms with Crippen LogP contribution in [0.1, 0.15) is 25.0 Å². The van der Waals surface area contributed by atoms with Crippen molar-refractivity contribution >= 4 is 12.3 Å². The van der Waals surface area contributed by atoms with Gasteiger partial charge in [-0.2, -0.15) is 0 Å². The van der Waals surface area contributed by atoms with Gasteiger partial charge in [0.15, 0.2) is 0 Å². The van der Waals surface area contributed by atoms with Gasteiger partial charge in [0.05, 0.1) is 13.2 Å². The summed E-state index contributed by atoms with van der Waals surface area (Å²) in [4.78, 5) is 22.0. The number of hydrogen-bond acceptors (Lipinski definition) is 6. The number of rotatable bonds is 6. The van der Waals surface area contributed by atoms with Gasteiger partial charge in [0.2, 0.25) is 0 Å². The van der Waals surface area contributed by atoms with Crippen LogP contribution in [0.4, 0.5) is 9.59 Å². The lowest BCUT2D eigenvalue weighted by Crippen LogP contribution is -2.07. The van der Waals surface area contributed by atoms with Gasteiger partial charge in [-0.1, -0.05) is 24.3 Å². The Morgan fingerprint density at radius 3 is 1.40 bits per heavy atom. The van der Waals surface area contributed by atoms with E-state index in [1.54, 1.807) is 38.1 Å². The van der Waals surface area contributed by atoms with Gasteiger partial charge in [0.25, 0.3) is 0 Å². The Morgan fingerprint density at radius 1 is 0.750 bits per heavy atom. The highest BCUT2D eigenvalue weighted by Gasteiger charge is 2.05. The third-order valence-corrected chi connectivity index (χ3v) is 2.26. The second-order valence-electron chi connectivity index (χ2n) is 3.76. The Balaban J connectivity index is 2.36. The molecule has 1 rings (SSSR count). The van der Waals surface area contributed by atoms with Crippen molar-refractivity contribution < 1.29 is 28.5 Å². The van der Waals surface area contributed by atoms with E-state index >= 15 is 0 Å². The van der Waals surface area contributed by atoms with Crippen molar-refractivity contribution in [2.24, 2.45) is 0 Å². The molecule has 0 saturated heterocycles. The topological polar surface area (TPSA) is 71.1 Å². The lowest BCUT2D eigenvalue weighted by molar-refractivity contribution is 0.0520. The van der Waals surface area contributed by atoms with Crippen LogP contribution in [-0.2, 0) is 32.2 Å². The van der Waals surface area contributed by atoms with E-state index in [9.17, 15) is 9.59 Å². The predicted molar refractivity (Wildman–Crippen MR) is 70.1 cm³/mol. The van der Waals surface area contributed by atoms with Crippen molar-refractivity contribution in [1.82, 2.24) is 0 Å². The Morgan fingerprint density at radius 2 is 1.10 bits per heavy atom. The molecule has 0 heterocycles. The summed E-state index contributed by atoms with van der Waals surface area (Å²) in [5.74, 6) is 0. The van der Waals surface area contributed by atoms with Gasteiger partial charge >= 0.3 is 12.3 Å². The van der Waals surface area contributed by atoms with Crippen LogP contribution in [0.15, 0.2) is 24.3 Å². The molecule has 0 N–H and O–H groups in total. The summed E-state index contributed by atoms with van der Waals surface area (Å²) in [5, 5.41) is 0. The monoisotopic (exact) mass is 282 g/mol. The van der Waals surface area contributed by atoms with E-state index in [1.165, 1.54) is 0 Å². The second-order valence-corrected chi connectivity index (χ2v) is 3.76. The molecule has 0 unspecified atom stereocenters. The zero-order valence-electron chi connectivity index (χ0n) is 11.6. The number of carbonyl (C=O) groups is 2. The SMILES string of the molecule is CCOC(=O)OCc1ccc(COC(=O)OCC)cc1. The highest BCUT2D eigenvalue weighted by atomic mass is 16.7. The largest absolute Gasteiger partial charge is 0.508 e. The fourth-order valence-corrected chi connectivity index (χ4v) is 1.34. The molecule has 0 saturated carbocycles. The standard InChI is InChI=1S/C14H18O6/c1-3-17-13(15)19-9-11-5-7-12(8-6-11)10-20-14(16)18-4-2/h5-8H,3-4,9-10H2,1-2H3. The molecule has 0 spiro atoms. The highest BCUT2D eigenvalue weighted by molar-refractivity contribution is 5.60. The summed E-state index contributed by atoms with van der Waals surface area (Å²) in [7, 11) is 0. The van der Waals surface area contributed by atoms with Gasteiger partial charge in [-0.05, 0) is 25.0 Å². The maximum absolute atomic E-state index is 11.0. The van der Waals surface area contributed by atoms with Crippen molar-refractivity contribution in [3.8, 4) is 0 Å². The van der Waals surface area contributed by atoms with Crippen LogP contribution in [0.2, 0.25) is 0 Å². The summed E-state index contributed by atoms with van der Waals surface area (Å²) in [6.45, 7) is 4.25. The van der Waals surface area contributed by atoms with E-state index in [0.717, 1.165) is 11.1 Å². The Kier molecular flexibility index (Phi) is 6.95. The summed E-state index contributed by atoms with van der Waals surface area (Å²) in [6.07, 6.45) is -1.38. The maximum Gasteiger partial charge on any atom is 0.508 e. The van der Waals surface area contributed by atoms with E-state index in [-0.39, 0.29) is 26.4 Å². The van der Waals surface area contributed by atoms with E-state index in [0.29, 0.717) is 0 Å². The Hall–Kier alpha value is -2.24. The molecule has 6 heteroatoms. The van der Waals surface area contributed by atoms with Gasteiger partial charge in [0, 0.05) is 0 Å². The first-order valence-electron chi connectivity index (χ1n) is 6.32. The number of ether oxygens (including phenoxy) is 4. The first kappa shape index (κ1) is 15.8. The van der Waals surface area contributed by atoms with Crippen molar-refractivity contribution in [3.05, 3.63) is 35.4 Å². The second kappa shape index (κ2) is 8.79. The smallest absolute Gasteiger partial charge is 0.435 e. The van der Waals surface area contributed by atoms with E-state index in [1.807, 2.05) is 0 Å². The highest BCUT2D eigenvalue weighted by Crippen LogP contribution is 2.08. The quantitative estimate of drug-likeness (QED) is 0.747. The summed E-state index contributed by atoms with van der Waals surface area (Å²) in [5.41, 5.74) is 1.64. The molecule has 0 aliphatic rings. The van der Waals surface area contributed by atoms with Crippen LogP contribution >= 0.6 is 0 Å². The van der Waals surface area contributed by atoms with Crippen LogP contribution in [-0.4, -0.2) is 25.5 Å². The molecule has 110 valence electrons. The number of carbonyl (C=O) groups excluding carboxylic acids is 2. The van der Waals surface area contributed by atoms with Gasteiger partial charge in [-0.25, -0.2) is 9.59 Å². The average Bonchev–Trinajstić information content (AvgIpc) is 2.45. The molecule has 1 aromatic rings. The summed E-state index contributed by atoms with van der Waals surface area (Å²) >= 11 is 0. The third kappa shape index (κ3) is 6.08.